The van der Waals surface area contributed by atoms with Gasteiger partial charge in [-0.15, -0.1) is 0 Å². The molecule has 0 saturated carbocycles. The van der Waals surface area contributed by atoms with Crippen LogP contribution in [0.4, 0.5) is 0 Å². The van der Waals surface area contributed by atoms with Crippen LogP contribution in [0, 0.1) is 75.5 Å². The third-order valence-corrected chi connectivity index (χ3v) is 7.75. The number of rotatable bonds is 6. The average Bonchev–Trinajstić information content (AvgIpc) is 2.59. The van der Waals surface area contributed by atoms with Crippen LogP contribution in [0.25, 0.3) is 0 Å². The fourth-order valence-corrected chi connectivity index (χ4v) is 6.18. The normalized spacial score (nSPS) is 25.6. The molecule has 3 aliphatic heterocycles. The summed E-state index contributed by atoms with van der Waals surface area (Å²) in [7, 11) is -14.3. The van der Waals surface area contributed by atoms with Gasteiger partial charge < -0.3 is 43.1 Å². The van der Waals surface area contributed by atoms with E-state index in [4.69, 9.17) is 0 Å². The molecule has 0 aromatic carbocycles. The van der Waals surface area contributed by atoms with Crippen molar-refractivity contribution < 1.29 is 119 Å². The Labute approximate surface area is 260 Å². The molecule has 14 nitrogen and oxygen atoms in total. The van der Waals surface area contributed by atoms with Crippen LogP contribution >= 0.6 is 22.8 Å². The maximum Gasteiger partial charge on any atom is 3.00 e. The topological polar surface area (TPSA) is 206 Å². The Morgan fingerprint density at radius 3 is 0.735 bits per heavy atom. The molecule has 0 aromatic rings. The Morgan fingerprint density at radius 1 is 0.412 bits per heavy atom. The molecule has 3 aliphatic rings. The van der Waals surface area contributed by atoms with E-state index in [1.54, 1.807) is 14.7 Å². The molecule has 2 bridgehead atoms. The predicted molar refractivity (Wildman–Crippen MR) is 105 cm³/mol. The Kier molecular flexibility index (Phi) is 18.1. The van der Waals surface area contributed by atoms with Gasteiger partial charge in [0.2, 0.25) is 0 Å². The van der Waals surface area contributed by atoms with Crippen molar-refractivity contribution in [2.24, 2.45) is 0 Å². The first-order valence-electron chi connectivity index (χ1n) is 10.3. The van der Waals surface area contributed by atoms with E-state index >= 15 is 0 Å². The van der Waals surface area contributed by atoms with Gasteiger partial charge in [0.05, 0.1) is 0 Å². The van der Waals surface area contributed by atoms with Gasteiger partial charge >= 0.3 is 75.5 Å². The maximum absolute atomic E-state index is 11.3. The summed E-state index contributed by atoms with van der Waals surface area (Å²) in [4.78, 5) is 76.3. The van der Waals surface area contributed by atoms with Crippen molar-refractivity contribution in [3.63, 3.8) is 0 Å². The van der Waals surface area contributed by atoms with E-state index in [1.165, 1.54) is 0 Å². The predicted octanol–water partition coefficient (Wildman–Crippen LogP) is -5.86. The van der Waals surface area contributed by atoms with Gasteiger partial charge in [-0.25, -0.2) is 0 Å². The van der Waals surface area contributed by atoms with E-state index in [0.29, 0.717) is 39.3 Å². The Balaban J connectivity index is 0.00000544. The zero-order valence-electron chi connectivity index (χ0n) is 18.5. The van der Waals surface area contributed by atoms with Crippen LogP contribution in [0.5, 0.6) is 0 Å². The van der Waals surface area contributed by atoms with Gasteiger partial charge in [-0.3, -0.25) is 24.5 Å². The molecule has 0 aromatic heterocycles. The van der Waals surface area contributed by atoms with Crippen LogP contribution < -0.4 is 29.4 Å². The van der Waals surface area contributed by atoms with Crippen LogP contribution in [0.3, 0.4) is 0 Å². The van der Waals surface area contributed by atoms with Gasteiger partial charge in [0.1, 0.15) is 0 Å². The number of hydrogen-bond acceptors (Lipinski definition) is 14. The van der Waals surface area contributed by atoms with Gasteiger partial charge in [-0.2, -0.15) is 0 Å². The molecule has 0 N–H and O–H groups in total. The van der Waals surface area contributed by atoms with Crippen LogP contribution in [0.1, 0.15) is 0 Å². The molecule has 206 valence electrons. The fourth-order valence-electron chi connectivity index (χ4n) is 3.86. The van der Waals surface area contributed by atoms with E-state index in [0.717, 1.165) is 0 Å². The quantitative estimate of drug-likeness (QED) is 0.181. The Morgan fingerprint density at radius 2 is 0.588 bits per heavy atom. The monoisotopic (exact) mass is 847 g/mol. The van der Waals surface area contributed by atoms with E-state index in [2.05, 4.69) is 0 Å². The molecule has 3 saturated heterocycles. The molecule has 0 radical (unpaired) electrons. The number of nitrogens with zero attached hydrogens (tertiary/aromatic N) is 5. The fraction of sp³-hybridized carbons (Fsp3) is 1.00. The molecular weight excluding hydrogens is 817 g/mol. The second-order valence-electron chi connectivity index (χ2n) is 8.29. The summed E-state index contributed by atoms with van der Waals surface area (Å²) >= 11 is 0. The van der Waals surface area contributed by atoms with Crippen molar-refractivity contribution in [2.45, 2.75) is 0 Å². The SMILES string of the molecule is O=P([O-])([O-])CN1CCN2CCN(CP(=O)([O-])[O-])CCN(CC1)CCN(CP(=O)([O-])[O-])CC2.[Ho+3].[Ho+3]. The minimum atomic E-state index is -4.76. The maximum atomic E-state index is 11.3. The molecule has 3 fully saturated rings. The second kappa shape index (κ2) is 16.8. The standard InChI is InChI=1S/C15H36N5O9P3.2Ho/c21-30(22,23)13-18-7-1-16-2-8-19(14-31(24,25)26)11-5-17(4-10-18)6-12-20(9-3-16)15-32(27,28)29;;/h1-15H2,(H2,21,22,23)(H2,24,25,26)(H2,27,28,29);;/q;2*+3/p-6. The summed E-state index contributed by atoms with van der Waals surface area (Å²) in [5.41, 5.74) is 0. The van der Waals surface area contributed by atoms with Crippen molar-refractivity contribution in [1.29, 1.82) is 0 Å². The Hall–Kier alpha value is 2.77. The molecule has 34 heavy (non-hydrogen) atoms. The van der Waals surface area contributed by atoms with Crippen LogP contribution in [0.2, 0.25) is 0 Å². The van der Waals surface area contributed by atoms with Gasteiger partial charge in [-0.05, 0) is 0 Å². The zero-order chi connectivity index (χ0) is 24.0. The third-order valence-electron chi connectivity index (χ3n) is 5.51. The summed E-state index contributed by atoms with van der Waals surface area (Å²) in [6.07, 6.45) is -1.80. The largest absolute Gasteiger partial charge is 3.00 e. The van der Waals surface area contributed by atoms with Crippen molar-refractivity contribution >= 4 is 22.8 Å². The summed E-state index contributed by atoms with van der Waals surface area (Å²) < 4.78 is 33.9. The molecule has 0 amide bonds. The molecule has 0 unspecified atom stereocenters. The van der Waals surface area contributed by atoms with Crippen LogP contribution in [-0.2, 0) is 13.7 Å². The molecule has 3 rings (SSSR count). The molecule has 0 aliphatic carbocycles. The van der Waals surface area contributed by atoms with Gasteiger partial charge in [0, 0.05) is 97.4 Å². The van der Waals surface area contributed by atoms with E-state index in [9.17, 15) is 43.1 Å². The van der Waals surface area contributed by atoms with Crippen molar-refractivity contribution in [3.05, 3.63) is 0 Å². The third kappa shape index (κ3) is 17.4. The molecule has 19 heteroatoms. The second-order valence-corrected chi connectivity index (χ2v) is 12.8. The zero-order valence-corrected chi connectivity index (χ0v) is 25.0. The summed E-state index contributed by atoms with van der Waals surface area (Å²) in [5.74, 6) is 0. The molecule has 0 atom stereocenters. The van der Waals surface area contributed by atoms with Gasteiger partial charge in [0.15, 0.2) is 0 Å². The van der Waals surface area contributed by atoms with Crippen LogP contribution in [-0.4, -0.2) is 122 Å². The smallest absolute Gasteiger partial charge is 0.810 e. The first-order valence-corrected chi connectivity index (χ1v) is 15.5. The van der Waals surface area contributed by atoms with E-state index < -0.39 is 41.6 Å². The van der Waals surface area contributed by atoms with E-state index in [-0.39, 0.29) is 115 Å². The minimum absolute atomic E-state index is 0. The van der Waals surface area contributed by atoms with Crippen LogP contribution in [0.15, 0.2) is 0 Å². The first kappa shape index (κ1) is 36.8. The first-order chi connectivity index (χ1) is 14.7. The molecular formula is C15H30Ho2N5O9P3. The van der Waals surface area contributed by atoms with Crippen molar-refractivity contribution in [3.8, 4) is 0 Å². The number of fused-ring (bicyclic) bond motifs is 12. The van der Waals surface area contributed by atoms with Gasteiger partial charge in [0.25, 0.3) is 0 Å². The van der Waals surface area contributed by atoms with Crippen molar-refractivity contribution in [1.82, 2.24) is 24.5 Å². The minimum Gasteiger partial charge on any atom is -0.810 e. The van der Waals surface area contributed by atoms with Gasteiger partial charge in [-0.1, -0.05) is 22.8 Å². The number of hydrogen-bond donors (Lipinski definition) is 0. The van der Waals surface area contributed by atoms with Crippen molar-refractivity contribution in [2.75, 3.05) is 97.4 Å². The summed E-state index contributed by atoms with van der Waals surface area (Å²) in [5, 5.41) is 0. The Bertz CT molecular complexity index is 621. The molecule has 3 heterocycles. The molecule has 0 spiro atoms. The average molecular weight is 847 g/mol. The van der Waals surface area contributed by atoms with E-state index in [1.807, 2.05) is 9.80 Å². The summed E-state index contributed by atoms with van der Waals surface area (Å²) in [6.45, 7) is 3.70. The summed E-state index contributed by atoms with van der Waals surface area (Å²) in [6, 6.07) is 0.